The lowest BCUT2D eigenvalue weighted by molar-refractivity contribution is -0.156. The highest BCUT2D eigenvalue weighted by Gasteiger charge is 2.58. The van der Waals surface area contributed by atoms with Gasteiger partial charge >= 0.3 is 5.97 Å². The first kappa shape index (κ1) is 31.9. The fraction of sp³-hybridized carbons (Fsp3) is 0.588. The molecule has 240 valence electrons. The summed E-state index contributed by atoms with van der Waals surface area (Å²) in [6, 6.07) is 7.88. The monoisotopic (exact) mass is 610 g/mol. The van der Waals surface area contributed by atoms with Gasteiger partial charge in [-0.1, -0.05) is 6.92 Å². The van der Waals surface area contributed by atoms with Crippen molar-refractivity contribution in [2.24, 2.45) is 11.8 Å². The molecule has 2 aromatic rings. The summed E-state index contributed by atoms with van der Waals surface area (Å²) in [5.74, 6) is 0.663. The standard InChI is InChI=1S/C34H46N2O8/c1-7-35-12-9-21-16-27(41-3)29(43-5)18-24(21)32(35)26-15-23(33(39)40)8-11-34(26)25-19-30(44-6)28(42-4)17-22(25)10-13-36(34)31(38)14-20(2)37/h16-20,23,26,32,37H,7-15H2,1-6H3,(H,39,40). The van der Waals surface area contributed by atoms with Crippen molar-refractivity contribution in [1.29, 1.82) is 0 Å². The van der Waals surface area contributed by atoms with Crippen molar-refractivity contribution >= 4 is 11.9 Å². The van der Waals surface area contributed by atoms with Crippen molar-refractivity contribution in [1.82, 2.24) is 9.80 Å². The number of hydrogen-bond donors (Lipinski definition) is 2. The van der Waals surface area contributed by atoms with Crippen molar-refractivity contribution in [2.45, 2.75) is 70.1 Å². The zero-order valence-electron chi connectivity index (χ0n) is 26.7. The molecular weight excluding hydrogens is 564 g/mol. The highest BCUT2D eigenvalue weighted by molar-refractivity contribution is 5.79. The van der Waals surface area contributed by atoms with Gasteiger partial charge in [-0.15, -0.1) is 0 Å². The summed E-state index contributed by atoms with van der Waals surface area (Å²) in [7, 11) is 6.46. The molecule has 0 aromatic heterocycles. The molecule has 1 amide bonds. The van der Waals surface area contributed by atoms with E-state index in [4.69, 9.17) is 18.9 Å². The summed E-state index contributed by atoms with van der Waals surface area (Å²) in [6.07, 6.45) is 1.89. The highest BCUT2D eigenvalue weighted by Crippen LogP contribution is 2.59. The lowest BCUT2D eigenvalue weighted by Crippen LogP contribution is -2.62. The third-order valence-corrected chi connectivity index (χ3v) is 10.1. The van der Waals surface area contributed by atoms with Gasteiger partial charge in [0.05, 0.1) is 52.4 Å². The number of carboxylic acid groups (broad SMARTS) is 1. The SMILES string of the molecule is CCN1CCc2cc(OC)c(OC)cc2C1C1CC(C(=O)O)CCC12c1cc(OC)c(OC)cc1CCN2C(=O)CC(C)O. The van der Waals surface area contributed by atoms with Gasteiger partial charge in [0.1, 0.15) is 0 Å². The average Bonchev–Trinajstić information content (AvgIpc) is 3.02. The third kappa shape index (κ3) is 5.36. The van der Waals surface area contributed by atoms with Crippen LogP contribution in [0.25, 0.3) is 0 Å². The molecular formula is C34H46N2O8. The number of aliphatic hydroxyl groups is 1. The van der Waals surface area contributed by atoms with Gasteiger partial charge in [0.15, 0.2) is 23.0 Å². The van der Waals surface area contributed by atoms with Crippen molar-refractivity contribution in [3.63, 3.8) is 0 Å². The number of ether oxygens (including phenoxy) is 4. The van der Waals surface area contributed by atoms with Gasteiger partial charge in [0.25, 0.3) is 0 Å². The summed E-state index contributed by atoms with van der Waals surface area (Å²) in [4.78, 5) is 31.1. The number of amides is 1. The zero-order valence-corrected chi connectivity index (χ0v) is 26.7. The predicted octanol–water partition coefficient (Wildman–Crippen LogP) is 4.19. The molecule has 0 radical (unpaired) electrons. The Bertz CT molecular complexity index is 1390. The molecule has 1 spiro atoms. The van der Waals surface area contributed by atoms with Gasteiger partial charge in [-0.2, -0.15) is 0 Å². The molecule has 2 N–H and O–H groups in total. The van der Waals surface area contributed by atoms with Crippen LogP contribution in [0.2, 0.25) is 0 Å². The Hall–Kier alpha value is -3.50. The minimum Gasteiger partial charge on any atom is -0.493 e. The second kappa shape index (κ2) is 12.9. The number of aliphatic carboxylic acids is 1. The van der Waals surface area contributed by atoms with E-state index in [1.165, 1.54) is 0 Å². The smallest absolute Gasteiger partial charge is 0.306 e. The molecule has 2 aromatic carbocycles. The number of aliphatic hydroxyl groups excluding tert-OH is 1. The molecule has 1 aliphatic carbocycles. The molecule has 3 aliphatic rings. The van der Waals surface area contributed by atoms with E-state index in [-0.39, 0.29) is 24.3 Å². The van der Waals surface area contributed by atoms with Crippen molar-refractivity contribution in [3.05, 3.63) is 46.5 Å². The summed E-state index contributed by atoms with van der Waals surface area (Å²) < 4.78 is 22.9. The Morgan fingerprint density at radius 3 is 2.11 bits per heavy atom. The fourth-order valence-electron chi connectivity index (χ4n) is 8.16. The zero-order chi connectivity index (χ0) is 31.8. The van der Waals surface area contributed by atoms with Crippen LogP contribution < -0.4 is 18.9 Å². The van der Waals surface area contributed by atoms with Crippen LogP contribution in [0, 0.1) is 11.8 Å². The molecule has 0 bridgehead atoms. The largest absolute Gasteiger partial charge is 0.493 e. The van der Waals surface area contributed by atoms with E-state index in [0.29, 0.717) is 55.2 Å². The van der Waals surface area contributed by atoms with Crippen LogP contribution in [0.5, 0.6) is 23.0 Å². The lowest BCUT2D eigenvalue weighted by Gasteiger charge is -2.59. The summed E-state index contributed by atoms with van der Waals surface area (Å²) in [5, 5.41) is 20.7. The molecule has 1 saturated carbocycles. The Morgan fingerprint density at radius 1 is 0.932 bits per heavy atom. The number of hydrogen-bond acceptors (Lipinski definition) is 8. The Labute approximate surface area is 259 Å². The van der Waals surface area contributed by atoms with Crippen LogP contribution in [0.15, 0.2) is 24.3 Å². The molecule has 1 fully saturated rings. The summed E-state index contributed by atoms with van der Waals surface area (Å²) in [5.41, 5.74) is 3.40. The average molecular weight is 611 g/mol. The minimum atomic E-state index is -0.842. The second-order valence-electron chi connectivity index (χ2n) is 12.3. The predicted molar refractivity (Wildman–Crippen MR) is 165 cm³/mol. The van der Waals surface area contributed by atoms with Crippen LogP contribution in [0.1, 0.15) is 67.8 Å². The second-order valence-corrected chi connectivity index (χ2v) is 12.3. The number of fused-ring (bicyclic) bond motifs is 3. The Kier molecular flexibility index (Phi) is 9.32. The Balaban J connectivity index is 1.81. The van der Waals surface area contributed by atoms with Crippen LogP contribution >= 0.6 is 0 Å². The molecule has 5 rings (SSSR count). The van der Waals surface area contributed by atoms with Gasteiger partial charge in [-0.05, 0) is 92.1 Å². The molecule has 0 saturated heterocycles. The minimum absolute atomic E-state index is 0.0107. The number of methoxy groups -OCH3 is 4. The van der Waals surface area contributed by atoms with Crippen molar-refractivity contribution in [2.75, 3.05) is 48.1 Å². The normalized spacial score (nSPS) is 25.5. The molecule has 5 atom stereocenters. The number of carboxylic acids is 1. The van der Waals surface area contributed by atoms with Gasteiger partial charge in [0, 0.05) is 25.0 Å². The van der Waals surface area contributed by atoms with Crippen LogP contribution in [0.3, 0.4) is 0 Å². The number of likely N-dealkylation sites (N-methyl/N-ethyl adjacent to an activating group) is 1. The van der Waals surface area contributed by atoms with Gasteiger partial charge in [0.2, 0.25) is 5.91 Å². The lowest BCUT2D eigenvalue weighted by atomic mass is 9.58. The first-order chi connectivity index (χ1) is 21.1. The van der Waals surface area contributed by atoms with Crippen LogP contribution in [-0.4, -0.2) is 86.1 Å². The van der Waals surface area contributed by atoms with Gasteiger partial charge in [-0.3, -0.25) is 14.5 Å². The molecule has 10 nitrogen and oxygen atoms in total. The van der Waals surface area contributed by atoms with E-state index in [0.717, 1.165) is 41.8 Å². The maximum Gasteiger partial charge on any atom is 0.306 e. The molecule has 44 heavy (non-hydrogen) atoms. The van der Waals surface area contributed by atoms with E-state index in [1.807, 2.05) is 29.2 Å². The molecule has 5 unspecified atom stereocenters. The highest BCUT2D eigenvalue weighted by atomic mass is 16.5. The van der Waals surface area contributed by atoms with Gasteiger partial charge < -0.3 is 34.1 Å². The topological polar surface area (TPSA) is 118 Å². The number of benzene rings is 2. The first-order valence-corrected chi connectivity index (χ1v) is 15.6. The quantitative estimate of drug-likeness (QED) is 0.431. The maximum atomic E-state index is 14.1. The van der Waals surface area contributed by atoms with Crippen LogP contribution in [-0.2, 0) is 28.0 Å². The van der Waals surface area contributed by atoms with E-state index >= 15 is 0 Å². The number of carbonyl (C=O) groups excluding carboxylic acids is 1. The fourth-order valence-corrected chi connectivity index (χ4v) is 8.16. The summed E-state index contributed by atoms with van der Waals surface area (Å²) >= 11 is 0. The van der Waals surface area contributed by atoms with Crippen molar-refractivity contribution in [3.8, 4) is 23.0 Å². The van der Waals surface area contributed by atoms with Crippen LogP contribution in [0.4, 0.5) is 0 Å². The van der Waals surface area contributed by atoms with E-state index < -0.39 is 23.5 Å². The number of carbonyl (C=O) groups is 2. The maximum absolute atomic E-state index is 14.1. The first-order valence-electron chi connectivity index (χ1n) is 15.6. The Morgan fingerprint density at radius 2 is 1.52 bits per heavy atom. The summed E-state index contributed by atoms with van der Waals surface area (Å²) in [6.45, 7) is 5.75. The number of rotatable bonds is 9. The van der Waals surface area contributed by atoms with E-state index in [1.54, 1.807) is 35.4 Å². The van der Waals surface area contributed by atoms with E-state index in [9.17, 15) is 19.8 Å². The van der Waals surface area contributed by atoms with E-state index in [2.05, 4.69) is 11.8 Å². The van der Waals surface area contributed by atoms with Gasteiger partial charge in [-0.25, -0.2) is 0 Å². The third-order valence-electron chi connectivity index (χ3n) is 10.1. The number of nitrogens with zero attached hydrogens (tertiary/aromatic N) is 2. The molecule has 10 heteroatoms. The van der Waals surface area contributed by atoms with Crippen molar-refractivity contribution < 1.29 is 38.7 Å². The molecule has 2 heterocycles. The molecule has 2 aliphatic heterocycles.